The zero-order chi connectivity index (χ0) is 22.1. The number of imidazole rings is 1. The smallest absolute Gasteiger partial charge is 0.233 e. The molecule has 4 rings (SSSR count). The van der Waals surface area contributed by atoms with E-state index in [1.54, 1.807) is 12.1 Å². The van der Waals surface area contributed by atoms with Gasteiger partial charge in [0.15, 0.2) is 9.84 Å². The van der Waals surface area contributed by atoms with Crippen molar-refractivity contribution < 1.29 is 18.4 Å². The number of fused-ring (bicyclic) bond motifs is 1. The Morgan fingerprint density at radius 3 is 2.45 bits per heavy atom. The molecule has 1 fully saturated rings. The number of carbonyl (C=O) groups is 1. The summed E-state index contributed by atoms with van der Waals surface area (Å²) in [6, 6.07) is 14.9. The molecule has 0 unspecified atom stereocenters. The normalized spacial score (nSPS) is 16.3. The highest BCUT2D eigenvalue weighted by atomic mass is 32.2. The second-order valence-electron chi connectivity index (χ2n) is 8.33. The van der Waals surface area contributed by atoms with Gasteiger partial charge in [-0.1, -0.05) is 43.5 Å². The quantitative estimate of drug-likeness (QED) is 0.343. The van der Waals surface area contributed by atoms with Crippen LogP contribution in [0.2, 0.25) is 0 Å². The minimum absolute atomic E-state index is 0.208. The molecule has 0 bridgehead atoms. The number of rotatable bonds is 7. The molecule has 1 heterocycles. The molecule has 1 aliphatic rings. The third-order valence-corrected chi connectivity index (χ3v) is 8.90. The van der Waals surface area contributed by atoms with Gasteiger partial charge in [0.05, 0.1) is 27.2 Å². The minimum atomic E-state index is -3.73. The van der Waals surface area contributed by atoms with Gasteiger partial charge in [-0.15, -0.1) is 0 Å². The number of benzene rings is 2. The lowest BCUT2D eigenvalue weighted by molar-refractivity contribution is -0.151. The summed E-state index contributed by atoms with van der Waals surface area (Å²) in [4.78, 5) is 15.8. The molecule has 31 heavy (non-hydrogen) atoms. The van der Waals surface area contributed by atoms with Crippen molar-refractivity contribution in [1.82, 2.24) is 14.6 Å². The molecule has 0 radical (unpaired) electrons. The monoisotopic (exact) mass is 441 g/mol. The van der Waals surface area contributed by atoms with Gasteiger partial charge in [-0.25, -0.2) is 18.5 Å². The van der Waals surface area contributed by atoms with Gasteiger partial charge in [0.25, 0.3) is 0 Å². The fraction of sp³-hybridized carbons (Fsp3) is 0.391. The fourth-order valence-electron chi connectivity index (χ4n) is 4.64. The summed E-state index contributed by atoms with van der Waals surface area (Å²) in [7, 11) is -3.73. The van der Waals surface area contributed by atoms with Crippen LogP contribution in [0.4, 0.5) is 0 Å². The molecule has 0 aliphatic heterocycles. The van der Waals surface area contributed by atoms with Crippen molar-refractivity contribution in [2.75, 3.05) is 6.54 Å². The van der Waals surface area contributed by atoms with Crippen molar-refractivity contribution in [2.45, 2.75) is 55.2 Å². The van der Waals surface area contributed by atoms with E-state index in [9.17, 15) is 18.4 Å². The van der Waals surface area contributed by atoms with Crippen LogP contribution in [-0.2, 0) is 21.2 Å². The average molecular weight is 442 g/mol. The predicted molar refractivity (Wildman–Crippen MR) is 118 cm³/mol. The zero-order valence-corrected chi connectivity index (χ0v) is 18.4. The molecular formula is C23H27N3O4S. The number of amides is 1. The molecule has 2 aromatic carbocycles. The number of hydroxylamine groups is 2. The van der Waals surface area contributed by atoms with E-state index in [0.29, 0.717) is 24.4 Å². The van der Waals surface area contributed by atoms with E-state index in [1.165, 1.54) is 0 Å². The van der Waals surface area contributed by atoms with Crippen LogP contribution < -0.4 is 0 Å². The summed E-state index contributed by atoms with van der Waals surface area (Å²) in [5.74, 6) is 0.899. The van der Waals surface area contributed by atoms with E-state index in [4.69, 9.17) is 0 Å². The first-order chi connectivity index (χ1) is 14.9. The van der Waals surface area contributed by atoms with Gasteiger partial charge in [-0.05, 0) is 49.6 Å². The van der Waals surface area contributed by atoms with Crippen molar-refractivity contribution in [3.05, 3.63) is 59.9 Å². The molecular weight excluding hydrogens is 414 g/mol. The molecule has 3 aromatic rings. The summed E-state index contributed by atoms with van der Waals surface area (Å²) in [6.07, 6.45) is 3.62. The van der Waals surface area contributed by atoms with Crippen molar-refractivity contribution >= 4 is 27.3 Å². The molecule has 1 amide bonds. The molecule has 7 nitrogen and oxygen atoms in total. The maximum absolute atomic E-state index is 13.5. The van der Waals surface area contributed by atoms with Gasteiger partial charge in [0.2, 0.25) is 6.41 Å². The average Bonchev–Trinajstić information content (AvgIpc) is 3.09. The van der Waals surface area contributed by atoms with E-state index < -0.39 is 14.6 Å². The highest BCUT2D eigenvalue weighted by Crippen LogP contribution is 2.39. The van der Waals surface area contributed by atoms with Crippen molar-refractivity contribution in [2.24, 2.45) is 0 Å². The van der Waals surface area contributed by atoms with Crippen LogP contribution >= 0.6 is 0 Å². The third kappa shape index (κ3) is 3.97. The molecule has 1 aliphatic carbocycles. The first-order valence-electron chi connectivity index (χ1n) is 10.5. The first kappa shape index (κ1) is 21.5. The van der Waals surface area contributed by atoms with Crippen molar-refractivity contribution in [1.29, 1.82) is 0 Å². The Morgan fingerprint density at radius 2 is 1.77 bits per heavy atom. The molecule has 1 aromatic heterocycles. The minimum Gasteiger partial charge on any atom is -0.324 e. The Labute approximate surface area is 182 Å². The van der Waals surface area contributed by atoms with Gasteiger partial charge in [0.1, 0.15) is 5.82 Å². The Kier molecular flexibility index (Phi) is 5.85. The van der Waals surface area contributed by atoms with E-state index in [2.05, 4.69) is 9.55 Å². The van der Waals surface area contributed by atoms with Crippen LogP contribution in [0.3, 0.4) is 0 Å². The predicted octanol–water partition coefficient (Wildman–Crippen LogP) is 3.72. The summed E-state index contributed by atoms with van der Waals surface area (Å²) in [6.45, 7) is 2.34. The first-order valence-corrected chi connectivity index (χ1v) is 12.0. The summed E-state index contributed by atoms with van der Waals surface area (Å²) in [5, 5.41) is 10.2. The summed E-state index contributed by atoms with van der Waals surface area (Å²) < 4.78 is 28.1. The van der Waals surface area contributed by atoms with E-state index in [-0.39, 0.29) is 17.9 Å². The van der Waals surface area contributed by atoms with Gasteiger partial charge in [-0.2, -0.15) is 0 Å². The maximum atomic E-state index is 13.5. The van der Waals surface area contributed by atoms with Gasteiger partial charge in [-0.3, -0.25) is 10.0 Å². The number of aryl methyl sites for hydroxylation is 1. The van der Waals surface area contributed by atoms with Crippen LogP contribution in [0.15, 0.2) is 53.4 Å². The maximum Gasteiger partial charge on any atom is 0.233 e. The number of nitrogens with zero attached hydrogens (tertiary/aromatic N) is 3. The number of hydrogen-bond donors (Lipinski definition) is 1. The molecule has 0 spiro atoms. The third-order valence-electron chi connectivity index (χ3n) is 6.33. The summed E-state index contributed by atoms with van der Waals surface area (Å²) in [5.41, 5.74) is 2.94. The molecule has 0 saturated heterocycles. The van der Waals surface area contributed by atoms with Crippen LogP contribution in [-0.4, -0.2) is 45.9 Å². The Hall–Kier alpha value is -2.71. The zero-order valence-electron chi connectivity index (χ0n) is 17.6. The number of aromatic nitrogens is 2. The lowest BCUT2D eigenvalue weighted by Crippen LogP contribution is -2.49. The molecule has 0 atom stereocenters. The number of carbonyl (C=O) groups excluding carboxylic acids is 1. The lowest BCUT2D eigenvalue weighted by Gasteiger charge is -2.37. The number of sulfone groups is 1. The largest absolute Gasteiger partial charge is 0.324 e. The highest BCUT2D eigenvalue weighted by Gasteiger charge is 2.46. The molecule has 1 N–H and O–H groups in total. The van der Waals surface area contributed by atoms with Crippen molar-refractivity contribution in [3.63, 3.8) is 0 Å². The van der Waals surface area contributed by atoms with Gasteiger partial charge in [0, 0.05) is 6.54 Å². The van der Waals surface area contributed by atoms with Crippen LogP contribution in [0.5, 0.6) is 0 Å². The van der Waals surface area contributed by atoms with Crippen LogP contribution in [0, 0.1) is 6.92 Å². The number of para-hydroxylation sites is 2. The second-order valence-corrected chi connectivity index (χ2v) is 10.7. The lowest BCUT2D eigenvalue weighted by atomic mass is 9.88. The molecule has 164 valence electrons. The second kappa shape index (κ2) is 8.43. The molecule has 1 saturated carbocycles. The SMILES string of the molecule is Cc1nc2ccccc2n1Cc1ccc(S(=O)(=O)C2(CN(O)C=O)CCCCC2)cc1. The standard InChI is InChI=1S/C23H27N3O4S/c1-18-24-21-7-3-4-8-22(21)26(18)15-19-9-11-20(12-10-19)31(29,30)23(16-25(28)17-27)13-5-2-6-14-23/h3-4,7-12,17,28H,2,5-6,13-16H2,1H3. The topological polar surface area (TPSA) is 92.5 Å². The Bertz CT molecular complexity index is 1180. The molecule has 8 heteroatoms. The van der Waals surface area contributed by atoms with Gasteiger partial charge < -0.3 is 4.57 Å². The van der Waals surface area contributed by atoms with E-state index in [0.717, 1.165) is 41.7 Å². The summed E-state index contributed by atoms with van der Waals surface area (Å²) >= 11 is 0. The fourth-order valence-corrected chi connectivity index (χ4v) is 6.77. The highest BCUT2D eigenvalue weighted by molar-refractivity contribution is 7.92. The van der Waals surface area contributed by atoms with Crippen LogP contribution in [0.1, 0.15) is 43.5 Å². The van der Waals surface area contributed by atoms with Crippen LogP contribution in [0.25, 0.3) is 11.0 Å². The van der Waals surface area contributed by atoms with Crippen molar-refractivity contribution in [3.8, 4) is 0 Å². The number of hydrogen-bond acceptors (Lipinski definition) is 5. The Balaban J connectivity index is 1.63. The van der Waals surface area contributed by atoms with E-state index in [1.807, 2.05) is 43.3 Å². The Morgan fingerprint density at radius 1 is 1.10 bits per heavy atom. The van der Waals surface area contributed by atoms with Gasteiger partial charge >= 0.3 is 0 Å². The van der Waals surface area contributed by atoms with E-state index >= 15 is 0 Å².